The van der Waals surface area contributed by atoms with E-state index in [4.69, 9.17) is 0 Å². The molecular weight excluding hydrogens is 298 g/mol. The van der Waals surface area contributed by atoms with E-state index in [2.05, 4.69) is 52.1 Å². The molecule has 0 aliphatic carbocycles. The predicted octanol–water partition coefficient (Wildman–Crippen LogP) is 4.74. The maximum atomic E-state index is 4.07. The molecule has 0 N–H and O–H groups in total. The molecule has 0 unspecified atom stereocenters. The minimum absolute atomic E-state index is 0. The first-order valence-electron chi connectivity index (χ1n) is 5.10. The van der Waals surface area contributed by atoms with Crippen molar-refractivity contribution in [2.45, 2.75) is 6.92 Å². The Morgan fingerprint density at radius 3 is 2.41 bits per heavy atom. The van der Waals surface area contributed by atoms with Crippen LogP contribution in [-0.2, 0) is 0 Å². The van der Waals surface area contributed by atoms with E-state index in [-0.39, 0.29) is 12.4 Å². The first-order chi connectivity index (χ1) is 7.75. The summed E-state index contributed by atoms with van der Waals surface area (Å²) in [4.78, 5) is 4.07. The molecule has 2 rings (SSSR count). The molecule has 0 radical (unpaired) electrons. The highest BCUT2D eigenvalue weighted by atomic mass is 79.9. The second kappa shape index (κ2) is 6.58. The van der Waals surface area contributed by atoms with E-state index in [0.717, 1.165) is 4.47 Å². The minimum Gasteiger partial charge on any atom is -0.264 e. The van der Waals surface area contributed by atoms with Gasteiger partial charge in [-0.2, -0.15) is 0 Å². The van der Waals surface area contributed by atoms with Gasteiger partial charge >= 0.3 is 0 Å². The molecule has 0 fully saturated rings. The zero-order chi connectivity index (χ0) is 11.4. The van der Waals surface area contributed by atoms with Gasteiger partial charge in [-0.3, -0.25) is 4.98 Å². The number of benzene rings is 1. The SMILES string of the molecule is Cc1cnccc1/C=C/c1ccc(Br)cc1.Cl. The lowest BCUT2D eigenvalue weighted by Gasteiger charge is -1.98. The van der Waals surface area contributed by atoms with Crippen LogP contribution in [0.1, 0.15) is 16.7 Å². The van der Waals surface area contributed by atoms with E-state index >= 15 is 0 Å². The standard InChI is InChI=1S/C14H12BrN.ClH/c1-11-10-16-9-8-13(11)5-2-12-3-6-14(15)7-4-12;/h2-10H,1H3;1H/b5-2+;. The number of hydrogen-bond donors (Lipinski definition) is 0. The summed E-state index contributed by atoms with van der Waals surface area (Å²) in [6, 6.07) is 10.3. The fourth-order valence-corrected chi connectivity index (χ4v) is 1.70. The molecule has 1 aromatic carbocycles. The molecule has 1 nitrogen and oxygen atoms in total. The van der Waals surface area contributed by atoms with E-state index in [1.54, 1.807) is 0 Å². The van der Waals surface area contributed by atoms with Crippen molar-refractivity contribution in [3.63, 3.8) is 0 Å². The fraction of sp³-hybridized carbons (Fsp3) is 0.0714. The van der Waals surface area contributed by atoms with E-state index in [9.17, 15) is 0 Å². The van der Waals surface area contributed by atoms with Gasteiger partial charge < -0.3 is 0 Å². The molecule has 0 atom stereocenters. The van der Waals surface area contributed by atoms with Gasteiger partial charge in [-0.25, -0.2) is 0 Å². The number of halogens is 2. The Kier molecular flexibility index (Phi) is 5.39. The maximum Gasteiger partial charge on any atom is 0.0303 e. The van der Waals surface area contributed by atoms with Gasteiger partial charge in [0.1, 0.15) is 0 Å². The van der Waals surface area contributed by atoms with Crippen LogP contribution in [0.2, 0.25) is 0 Å². The average molecular weight is 311 g/mol. The van der Waals surface area contributed by atoms with Crippen molar-refractivity contribution in [1.82, 2.24) is 4.98 Å². The Hall–Kier alpha value is -1.12. The lowest BCUT2D eigenvalue weighted by atomic mass is 10.1. The first kappa shape index (κ1) is 13.9. The van der Waals surface area contributed by atoms with Crippen LogP contribution in [0.25, 0.3) is 12.2 Å². The lowest BCUT2D eigenvalue weighted by Crippen LogP contribution is -1.81. The fourth-order valence-electron chi connectivity index (χ4n) is 1.43. The van der Waals surface area contributed by atoms with E-state index < -0.39 is 0 Å². The third kappa shape index (κ3) is 3.99. The van der Waals surface area contributed by atoms with Crippen molar-refractivity contribution in [2.24, 2.45) is 0 Å². The molecule has 0 bridgehead atoms. The second-order valence-corrected chi connectivity index (χ2v) is 4.53. The molecule has 0 spiro atoms. The van der Waals surface area contributed by atoms with Gasteiger partial charge in [0.2, 0.25) is 0 Å². The summed E-state index contributed by atoms with van der Waals surface area (Å²) >= 11 is 3.42. The number of pyridine rings is 1. The van der Waals surface area contributed by atoms with E-state index in [1.165, 1.54) is 16.7 Å². The zero-order valence-electron chi connectivity index (χ0n) is 9.43. The molecule has 0 aliphatic rings. The zero-order valence-corrected chi connectivity index (χ0v) is 11.8. The quantitative estimate of drug-likeness (QED) is 0.780. The Bertz CT molecular complexity index is 506. The summed E-state index contributed by atoms with van der Waals surface area (Å²) in [6.45, 7) is 2.06. The lowest BCUT2D eigenvalue weighted by molar-refractivity contribution is 1.26. The van der Waals surface area contributed by atoms with Crippen LogP contribution < -0.4 is 0 Å². The minimum atomic E-state index is 0. The molecule has 0 saturated heterocycles. The van der Waals surface area contributed by atoms with Crippen molar-refractivity contribution >= 4 is 40.5 Å². The largest absolute Gasteiger partial charge is 0.264 e. The van der Waals surface area contributed by atoms with Crippen LogP contribution in [0.3, 0.4) is 0 Å². The van der Waals surface area contributed by atoms with Crippen LogP contribution in [0.15, 0.2) is 47.2 Å². The number of aromatic nitrogens is 1. The first-order valence-corrected chi connectivity index (χ1v) is 5.89. The molecule has 88 valence electrons. The third-order valence-corrected chi connectivity index (χ3v) is 2.92. The van der Waals surface area contributed by atoms with Gasteiger partial charge in [0.05, 0.1) is 0 Å². The molecule has 3 heteroatoms. The predicted molar refractivity (Wildman–Crippen MR) is 79.3 cm³/mol. The Morgan fingerprint density at radius 2 is 1.76 bits per heavy atom. The topological polar surface area (TPSA) is 12.9 Å². The van der Waals surface area contributed by atoms with Gasteiger partial charge in [-0.15, -0.1) is 12.4 Å². The normalized spacial score (nSPS) is 10.2. The van der Waals surface area contributed by atoms with Crippen molar-refractivity contribution in [3.8, 4) is 0 Å². The van der Waals surface area contributed by atoms with Crippen molar-refractivity contribution in [1.29, 1.82) is 0 Å². The molecule has 17 heavy (non-hydrogen) atoms. The van der Waals surface area contributed by atoms with Gasteiger partial charge in [0, 0.05) is 16.9 Å². The van der Waals surface area contributed by atoms with Crippen LogP contribution >= 0.6 is 28.3 Å². The monoisotopic (exact) mass is 309 g/mol. The number of aryl methyl sites for hydroxylation is 1. The van der Waals surface area contributed by atoms with Gasteiger partial charge in [0.25, 0.3) is 0 Å². The average Bonchev–Trinajstić information content (AvgIpc) is 2.30. The van der Waals surface area contributed by atoms with Gasteiger partial charge in [-0.1, -0.05) is 40.2 Å². The van der Waals surface area contributed by atoms with Gasteiger partial charge in [0.15, 0.2) is 0 Å². The number of rotatable bonds is 2. The van der Waals surface area contributed by atoms with Crippen LogP contribution in [0.5, 0.6) is 0 Å². The molecule has 1 aromatic heterocycles. The highest BCUT2D eigenvalue weighted by Gasteiger charge is 1.92. The van der Waals surface area contributed by atoms with Crippen LogP contribution in [-0.4, -0.2) is 4.98 Å². The maximum absolute atomic E-state index is 4.07. The summed E-state index contributed by atoms with van der Waals surface area (Å²) in [7, 11) is 0. The summed E-state index contributed by atoms with van der Waals surface area (Å²) < 4.78 is 1.10. The van der Waals surface area contributed by atoms with Crippen molar-refractivity contribution in [2.75, 3.05) is 0 Å². The summed E-state index contributed by atoms with van der Waals surface area (Å²) in [5, 5.41) is 0. The number of nitrogens with zero attached hydrogens (tertiary/aromatic N) is 1. The molecule has 0 amide bonds. The highest BCUT2D eigenvalue weighted by molar-refractivity contribution is 9.10. The summed E-state index contributed by atoms with van der Waals surface area (Å²) in [5.74, 6) is 0. The third-order valence-electron chi connectivity index (χ3n) is 2.39. The van der Waals surface area contributed by atoms with Crippen LogP contribution in [0, 0.1) is 6.92 Å². The summed E-state index contributed by atoms with van der Waals surface area (Å²) in [5.41, 5.74) is 3.59. The molecule has 0 aliphatic heterocycles. The Morgan fingerprint density at radius 1 is 1.06 bits per heavy atom. The summed E-state index contributed by atoms with van der Waals surface area (Å²) in [6.07, 6.45) is 7.91. The molecular formula is C14H13BrClN. The molecule has 2 aromatic rings. The molecule has 1 heterocycles. The van der Waals surface area contributed by atoms with E-state index in [0.29, 0.717) is 0 Å². The van der Waals surface area contributed by atoms with Crippen LogP contribution in [0.4, 0.5) is 0 Å². The smallest absolute Gasteiger partial charge is 0.0303 e. The Balaban J connectivity index is 0.00000144. The van der Waals surface area contributed by atoms with Crippen molar-refractivity contribution in [3.05, 3.63) is 63.9 Å². The highest BCUT2D eigenvalue weighted by Crippen LogP contribution is 2.14. The molecule has 0 saturated carbocycles. The Labute approximate surface area is 116 Å². The number of hydrogen-bond acceptors (Lipinski definition) is 1. The van der Waals surface area contributed by atoms with Crippen molar-refractivity contribution < 1.29 is 0 Å². The van der Waals surface area contributed by atoms with E-state index in [1.807, 2.05) is 30.6 Å². The second-order valence-electron chi connectivity index (χ2n) is 3.62. The van der Waals surface area contributed by atoms with Gasteiger partial charge in [-0.05, 0) is 41.8 Å².